The fourth-order valence-electron chi connectivity index (χ4n) is 3.17. The Morgan fingerprint density at radius 3 is 2.57 bits per heavy atom. The maximum absolute atomic E-state index is 14.2. The summed E-state index contributed by atoms with van der Waals surface area (Å²) in [4.78, 5) is 24.0. The van der Waals surface area contributed by atoms with E-state index >= 15 is 0 Å². The normalized spacial score (nSPS) is 19.2. The zero-order valence-corrected chi connectivity index (χ0v) is 16.3. The van der Waals surface area contributed by atoms with Crippen LogP contribution in [0.25, 0.3) is 0 Å². The van der Waals surface area contributed by atoms with Gasteiger partial charge in [-0.15, -0.1) is 11.8 Å². The fourth-order valence-corrected chi connectivity index (χ4v) is 4.70. The predicted octanol–water partition coefficient (Wildman–Crippen LogP) is 5.61. The van der Waals surface area contributed by atoms with Crippen LogP contribution >= 0.6 is 23.4 Å². The van der Waals surface area contributed by atoms with Gasteiger partial charge < -0.3 is 10.4 Å². The lowest BCUT2D eigenvalue weighted by Gasteiger charge is -2.26. The van der Waals surface area contributed by atoms with E-state index in [-0.39, 0.29) is 15.8 Å². The summed E-state index contributed by atoms with van der Waals surface area (Å²) in [6.07, 6.45) is 2.70. The summed E-state index contributed by atoms with van der Waals surface area (Å²) in [5.41, 5.74) is 0.571. The molecule has 148 valence electrons. The molecule has 4 nitrogen and oxygen atoms in total. The predicted molar refractivity (Wildman–Crippen MR) is 105 cm³/mol. The molecule has 1 unspecified atom stereocenters. The highest BCUT2D eigenvalue weighted by atomic mass is 35.5. The van der Waals surface area contributed by atoms with Crippen molar-refractivity contribution in [1.82, 2.24) is 0 Å². The van der Waals surface area contributed by atoms with E-state index in [1.165, 1.54) is 42.1 Å². The summed E-state index contributed by atoms with van der Waals surface area (Å²) in [5, 5.41) is 11.7. The first kappa shape index (κ1) is 20.6. The third-order valence-electron chi connectivity index (χ3n) is 4.64. The monoisotopic (exact) mass is 425 g/mol. The molecule has 0 aromatic heterocycles. The van der Waals surface area contributed by atoms with Gasteiger partial charge in [0.25, 0.3) is 5.91 Å². The van der Waals surface area contributed by atoms with Gasteiger partial charge in [0, 0.05) is 21.4 Å². The molecule has 2 atom stereocenters. The largest absolute Gasteiger partial charge is 0.481 e. The first-order valence-electron chi connectivity index (χ1n) is 8.79. The maximum atomic E-state index is 14.2. The van der Waals surface area contributed by atoms with E-state index in [0.29, 0.717) is 23.4 Å². The van der Waals surface area contributed by atoms with E-state index in [2.05, 4.69) is 5.32 Å². The lowest BCUT2D eigenvalue weighted by Crippen LogP contribution is -2.24. The van der Waals surface area contributed by atoms with E-state index in [1.54, 1.807) is 0 Å². The average molecular weight is 426 g/mol. The Bertz CT molecular complexity index is 909. The van der Waals surface area contributed by atoms with Crippen molar-refractivity contribution >= 4 is 40.9 Å². The Morgan fingerprint density at radius 1 is 1.11 bits per heavy atom. The van der Waals surface area contributed by atoms with Crippen molar-refractivity contribution in [3.8, 4) is 0 Å². The van der Waals surface area contributed by atoms with Crippen LogP contribution in [0.1, 0.15) is 36.0 Å². The Balaban J connectivity index is 1.72. The molecule has 3 rings (SSSR count). The minimum atomic E-state index is -0.822. The number of carbonyl (C=O) groups is 2. The highest BCUT2D eigenvalue weighted by Gasteiger charge is 2.28. The summed E-state index contributed by atoms with van der Waals surface area (Å²) in [6, 6.07) is 7.85. The molecule has 1 saturated carbocycles. The number of rotatable bonds is 5. The SMILES string of the molecule is O=C(Nc1ccc(F)c(Cl)c1)c1ccc(F)c(SC2CCC[C@@H](C(=O)O)C2)c1. The standard InChI is InChI=1S/C20H18ClF2NO3S/c21-15-10-13(5-7-16(15)22)24-19(25)11-4-6-17(23)18(9-11)28-14-3-1-2-12(8-14)20(26)27/h4-7,9-10,12,14H,1-3,8H2,(H,24,25)(H,26,27)/t12-,14?/m1/s1. The van der Waals surface area contributed by atoms with E-state index in [9.17, 15) is 23.5 Å². The van der Waals surface area contributed by atoms with Crippen molar-refractivity contribution < 1.29 is 23.5 Å². The quantitative estimate of drug-likeness (QED) is 0.653. The molecular formula is C20H18ClF2NO3S. The number of carbonyl (C=O) groups excluding carboxylic acids is 1. The van der Waals surface area contributed by atoms with Crippen LogP contribution in [-0.4, -0.2) is 22.2 Å². The lowest BCUT2D eigenvalue weighted by atomic mass is 9.89. The highest BCUT2D eigenvalue weighted by molar-refractivity contribution is 8.00. The van der Waals surface area contributed by atoms with Crippen LogP contribution in [0.15, 0.2) is 41.3 Å². The average Bonchev–Trinajstić information content (AvgIpc) is 2.66. The third-order valence-corrected chi connectivity index (χ3v) is 6.26. The summed E-state index contributed by atoms with van der Waals surface area (Å²) >= 11 is 6.98. The number of hydrogen-bond donors (Lipinski definition) is 2. The van der Waals surface area contributed by atoms with Crippen molar-refractivity contribution in [2.24, 2.45) is 5.92 Å². The van der Waals surface area contributed by atoms with Crippen molar-refractivity contribution in [3.63, 3.8) is 0 Å². The second-order valence-corrected chi connectivity index (χ2v) is 8.42. The molecule has 2 N–H and O–H groups in total. The molecule has 1 amide bonds. The van der Waals surface area contributed by atoms with Gasteiger partial charge in [-0.1, -0.05) is 18.0 Å². The molecule has 1 fully saturated rings. The van der Waals surface area contributed by atoms with Gasteiger partial charge in [0.2, 0.25) is 0 Å². The molecule has 1 aliphatic carbocycles. The van der Waals surface area contributed by atoms with Gasteiger partial charge in [-0.3, -0.25) is 9.59 Å². The zero-order chi connectivity index (χ0) is 20.3. The first-order valence-corrected chi connectivity index (χ1v) is 10.0. The maximum Gasteiger partial charge on any atom is 0.306 e. The van der Waals surface area contributed by atoms with Crippen molar-refractivity contribution in [1.29, 1.82) is 0 Å². The molecule has 1 aliphatic rings. The van der Waals surface area contributed by atoms with E-state index < -0.39 is 29.4 Å². The number of nitrogens with one attached hydrogen (secondary N) is 1. The summed E-state index contributed by atoms with van der Waals surface area (Å²) in [6.45, 7) is 0. The molecule has 0 heterocycles. The van der Waals surface area contributed by atoms with Crippen molar-refractivity contribution in [2.75, 3.05) is 5.32 Å². The molecular weight excluding hydrogens is 408 g/mol. The fraction of sp³-hybridized carbons (Fsp3) is 0.300. The molecule has 8 heteroatoms. The van der Waals surface area contributed by atoms with E-state index in [4.69, 9.17) is 11.6 Å². The van der Waals surface area contributed by atoms with Crippen LogP contribution in [0.4, 0.5) is 14.5 Å². The number of carboxylic acid groups (broad SMARTS) is 1. The van der Waals surface area contributed by atoms with Gasteiger partial charge in [0.15, 0.2) is 0 Å². The van der Waals surface area contributed by atoms with Gasteiger partial charge in [-0.25, -0.2) is 8.78 Å². The van der Waals surface area contributed by atoms with Crippen LogP contribution < -0.4 is 5.32 Å². The molecule has 0 bridgehead atoms. The van der Waals surface area contributed by atoms with Crippen molar-refractivity contribution in [3.05, 3.63) is 58.6 Å². The number of halogens is 3. The molecule has 2 aromatic carbocycles. The number of anilines is 1. The number of aliphatic carboxylic acids is 1. The lowest BCUT2D eigenvalue weighted by molar-refractivity contribution is -0.142. The number of amides is 1. The molecule has 0 saturated heterocycles. The first-order chi connectivity index (χ1) is 13.3. The Morgan fingerprint density at radius 2 is 1.86 bits per heavy atom. The van der Waals surface area contributed by atoms with Gasteiger partial charge in [-0.05, 0) is 55.7 Å². The smallest absolute Gasteiger partial charge is 0.306 e. The number of benzene rings is 2. The zero-order valence-electron chi connectivity index (χ0n) is 14.8. The van der Waals surface area contributed by atoms with Crippen molar-refractivity contribution in [2.45, 2.75) is 35.8 Å². The Labute approximate surface area is 170 Å². The van der Waals surface area contributed by atoms with Gasteiger partial charge in [0.05, 0.1) is 10.9 Å². The number of carboxylic acids is 1. The summed E-state index contributed by atoms with van der Waals surface area (Å²) < 4.78 is 27.5. The second-order valence-electron chi connectivity index (χ2n) is 6.67. The van der Waals surface area contributed by atoms with Crippen LogP contribution in [0, 0.1) is 17.6 Å². The van der Waals surface area contributed by atoms with Crippen LogP contribution in [0.5, 0.6) is 0 Å². The van der Waals surface area contributed by atoms with Gasteiger partial charge in [0.1, 0.15) is 11.6 Å². The third kappa shape index (κ3) is 5.02. The van der Waals surface area contributed by atoms with Crippen LogP contribution in [0.2, 0.25) is 5.02 Å². The minimum Gasteiger partial charge on any atom is -0.481 e. The highest BCUT2D eigenvalue weighted by Crippen LogP contribution is 2.37. The van der Waals surface area contributed by atoms with E-state index in [1.807, 2.05) is 0 Å². The minimum absolute atomic E-state index is 0.0152. The second kappa shape index (κ2) is 8.92. The van der Waals surface area contributed by atoms with Crippen LogP contribution in [0.3, 0.4) is 0 Å². The topological polar surface area (TPSA) is 66.4 Å². The summed E-state index contributed by atoms with van der Waals surface area (Å²) in [5.74, 6) is -2.76. The van der Waals surface area contributed by atoms with E-state index in [0.717, 1.165) is 18.9 Å². The molecule has 0 aliphatic heterocycles. The number of thioether (sulfide) groups is 1. The Kier molecular flexibility index (Phi) is 6.57. The molecule has 0 spiro atoms. The summed E-state index contributed by atoms with van der Waals surface area (Å²) in [7, 11) is 0. The van der Waals surface area contributed by atoms with Gasteiger partial charge >= 0.3 is 5.97 Å². The molecule has 0 radical (unpaired) electrons. The molecule has 28 heavy (non-hydrogen) atoms. The van der Waals surface area contributed by atoms with Crippen LogP contribution in [-0.2, 0) is 4.79 Å². The number of hydrogen-bond acceptors (Lipinski definition) is 3. The molecule has 2 aromatic rings. The van der Waals surface area contributed by atoms with Gasteiger partial charge in [-0.2, -0.15) is 0 Å². The Hall–Kier alpha value is -2.12.